The Morgan fingerprint density at radius 3 is 2.65 bits per heavy atom. The first kappa shape index (κ1) is 15.8. The summed E-state index contributed by atoms with van der Waals surface area (Å²) in [5, 5.41) is 0.768. The van der Waals surface area contributed by atoms with Gasteiger partial charge in [-0.25, -0.2) is 9.59 Å². The molecule has 3 aromatic rings. The lowest BCUT2D eigenvalue weighted by atomic mass is 10.0. The van der Waals surface area contributed by atoms with Crippen molar-refractivity contribution in [3.05, 3.63) is 66.7 Å². The SMILES string of the molecule is Cc1cc2oc(=O)cc(COC(=O)c3ccc(Cl)s3)c2cc1C. The highest BCUT2D eigenvalue weighted by Gasteiger charge is 2.13. The first-order valence-electron chi connectivity index (χ1n) is 6.90. The molecule has 118 valence electrons. The third kappa shape index (κ3) is 3.30. The lowest BCUT2D eigenvalue weighted by molar-refractivity contribution is 0.0479. The van der Waals surface area contributed by atoms with Crippen molar-refractivity contribution in [3.8, 4) is 0 Å². The second-order valence-electron chi connectivity index (χ2n) is 5.20. The van der Waals surface area contributed by atoms with E-state index in [0.29, 0.717) is 20.4 Å². The van der Waals surface area contributed by atoms with Crippen LogP contribution >= 0.6 is 22.9 Å². The van der Waals surface area contributed by atoms with Gasteiger partial charge in [-0.15, -0.1) is 11.3 Å². The quantitative estimate of drug-likeness (QED) is 0.517. The topological polar surface area (TPSA) is 56.5 Å². The molecule has 2 heterocycles. The molecule has 0 spiro atoms. The van der Waals surface area contributed by atoms with Crippen LogP contribution in [0.1, 0.15) is 26.4 Å². The smallest absolute Gasteiger partial charge is 0.348 e. The van der Waals surface area contributed by atoms with Crippen molar-refractivity contribution < 1.29 is 13.9 Å². The number of carbonyl (C=O) groups is 1. The first-order chi connectivity index (χ1) is 10.9. The fourth-order valence-corrected chi connectivity index (χ4v) is 3.18. The van der Waals surface area contributed by atoms with Crippen LogP contribution in [0.5, 0.6) is 0 Å². The van der Waals surface area contributed by atoms with E-state index in [-0.39, 0.29) is 6.61 Å². The number of hydrogen-bond acceptors (Lipinski definition) is 5. The Balaban J connectivity index is 1.92. The summed E-state index contributed by atoms with van der Waals surface area (Å²) in [6.07, 6.45) is 0. The molecule has 0 amide bonds. The van der Waals surface area contributed by atoms with E-state index in [9.17, 15) is 9.59 Å². The Bertz CT molecular complexity index is 955. The van der Waals surface area contributed by atoms with E-state index >= 15 is 0 Å². The summed E-state index contributed by atoms with van der Waals surface area (Å²) in [6, 6.07) is 8.35. The van der Waals surface area contributed by atoms with Gasteiger partial charge in [-0.1, -0.05) is 11.6 Å². The second-order valence-corrected chi connectivity index (χ2v) is 6.92. The Kier molecular flexibility index (Phi) is 4.24. The van der Waals surface area contributed by atoms with Crippen LogP contribution in [-0.2, 0) is 11.3 Å². The second kappa shape index (κ2) is 6.18. The highest BCUT2D eigenvalue weighted by atomic mass is 35.5. The summed E-state index contributed by atoms with van der Waals surface area (Å²) in [6.45, 7) is 3.92. The molecule has 0 unspecified atom stereocenters. The number of ether oxygens (including phenoxy) is 1. The maximum absolute atomic E-state index is 12.0. The summed E-state index contributed by atoms with van der Waals surface area (Å²) in [7, 11) is 0. The number of benzene rings is 1. The normalized spacial score (nSPS) is 10.9. The lowest BCUT2D eigenvalue weighted by Gasteiger charge is -2.08. The van der Waals surface area contributed by atoms with Crippen molar-refractivity contribution in [3.63, 3.8) is 0 Å². The number of hydrogen-bond donors (Lipinski definition) is 0. The van der Waals surface area contributed by atoms with E-state index in [4.69, 9.17) is 20.8 Å². The van der Waals surface area contributed by atoms with Gasteiger partial charge in [-0.05, 0) is 49.2 Å². The molecule has 0 fully saturated rings. The van der Waals surface area contributed by atoms with Crippen LogP contribution in [0.3, 0.4) is 0 Å². The van der Waals surface area contributed by atoms with Gasteiger partial charge in [0.15, 0.2) is 0 Å². The average molecular weight is 349 g/mol. The number of esters is 1. The van der Waals surface area contributed by atoms with E-state index in [1.165, 1.54) is 6.07 Å². The fraction of sp³-hybridized carbons (Fsp3) is 0.176. The van der Waals surface area contributed by atoms with Crippen molar-refractivity contribution in [1.82, 2.24) is 0 Å². The third-order valence-electron chi connectivity index (χ3n) is 3.58. The van der Waals surface area contributed by atoms with Gasteiger partial charge in [0.25, 0.3) is 0 Å². The standard InChI is InChI=1S/C17H13ClO4S/c1-9-5-12-11(7-16(19)22-13(12)6-10(9)2)8-21-17(20)14-3-4-15(18)23-14/h3-7H,8H2,1-2H3. The van der Waals surface area contributed by atoms with Crippen LogP contribution < -0.4 is 5.63 Å². The molecule has 2 aromatic heterocycles. The zero-order valence-corrected chi connectivity index (χ0v) is 14.1. The zero-order valence-electron chi connectivity index (χ0n) is 12.5. The molecule has 3 rings (SSSR count). The lowest BCUT2D eigenvalue weighted by Crippen LogP contribution is -2.07. The largest absolute Gasteiger partial charge is 0.457 e. The highest BCUT2D eigenvalue weighted by Crippen LogP contribution is 2.24. The van der Waals surface area contributed by atoms with E-state index in [1.807, 2.05) is 26.0 Å². The highest BCUT2D eigenvalue weighted by molar-refractivity contribution is 7.17. The van der Waals surface area contributed by atoms with E-state index in [0.717, 1.165) is 27.8 Å². The number of aryl methyl sites for hydroxylation is 2. The van der Waals surface area contributed by atoms with Gasteiger partial charge in [0, 0.05) is 17.0 Å². The van der Waals surface area contributed by atoms with Crippen LogP contribution in [-0.4, -0.2) is 5.97 Å². The van der Waals surface area contributed by atoms with E-state index in [1.54, 1.807) is 12.1 Å². The minimum absolute atomic E-state index is 0.00104. The van der Waals surface area contributed by atoms with Gasteiger partial charge in [0.05, 0.1) is 4.34 Å². The summed E-state index contributed by atoms with van der Waals surface area (Å²) >= 11 is 6.96. The molecule has 23 heavy (non-hydrogen) atoms. The molecule has 0 saturated carbocycles. The molecule has 6 heteroatoms. The Labute approximate surface area is 141 Å². The predicted molar refractivity (Wildman–Crippen MR) is 90.4 cm³/mol. The van der Waals surface area contributed by atoms with Crippen LogP contribution in [0.2, 0.25) is 4.34 Å². The van der Waals surface area contributed by atoms with Crippen LogP contribution in [0, 0.1) is 13.8 Å². The number of carbonyl (C=O) groups excluding carboxylic acids is 1. The van der Waals surface area contributed by atoms with Crippen LogP contribution in [0.4, 0.5) is 0 Å². The van der Waals surface area contributed by atoms with Crippen LogP contribution in [0.15, 0.2) is 39.5 Å². The van der Waals surface area contributed by atoms with Gasteiger partial charge in [-0.3, -0.25) is 0 Å². The summed E-state index contributed by atoms with van der Waals surface area (Å²) in [5.74, 6) is -0.466. The summed E-state index contributed by atoms with van der Waals surface area (Å²) in [5.41, 5.74) is 2.75. The Morgan fingerprint density at radius 2 is 1.96 bits per heavy atom. The molecule has 0 saturated heterocycles. The number of fused-ring (bicyclic) bond motifs is 1. The predicted octanol–water partition coefficient (Wildman–Crippen LogP) is 4.48. The molecular formula is C17H13ClO4S. The number of halogens is 1. The minimum Gasteiger partial charge on any atom is -0.457 e. The molecule has 0 aliphatic carbocycles. The summed E-state index contributed by atoms with van der Waals surface area (Å²) in [4.78, 5) is 24.1. The monoisotopic (exact) mass is 348 g/mol. The Hall–Kier alpha value is -2.11. The zero-order chi connectivity index (χ0) is 16.6. The van der Waals surface area contributed by atoms with Gasteiger partial charge in [0.2, 0.25) is 0 Å². The molecule has 0 N–H and O–H groups in total. The van der Waals surface area contributed by atoms with Crippen LogP contribution in [0.25, 0.3) is 11.0 Å². The van der Waals surface area contributed by atoms with Crippen molar-refractivity contribution in [2.24, 2.45) is 0 Å². The third-order valence-corrected chi connectivity index (χ3v) is 4.79. The molecule has 0 radical (unpaired) electrons. The van der Waals surface area contributed by atoms with E-state index < -0.39 is 11.6 Å². The van der Waals surface area contributed by atoms with Gasteiger partial charge in [0.1, 0.15) is 17.1 Å². The van der Waals surface area contributed by atoms with Crippen molar-refractivity contribution in [2.45, 2.75) is 20.5 Å². The molecule has 4 nitrogen and oxygen atoms in total. The maximum Gasteiger partial charge on any atom is 0.348 e. The van der Waals surface area contributed by atoms with Crippen molar-refractivity contribution in [1.29, 1.82) is 0 Å². The maximum atomic E-state index is 12.0. The molecule has 1 aromatic carbocycles. The Morgan fingerprint density at radius 1 is 1.22 bits per heavy atom. The summed E-state index contributed by atoms with van der Waals surface area (Å²) < 4.78 is 11.0. The molecule has 0 atom stereocenters. The molecule has 0 aliphatic rings. The molecule has 0 bridgehead atoms. The average Bonchev–Trinajstić information content (AvgIpc) is 2.93. The van der Waals surface area contributed by atoms with Crippen molar-refractivity contribution in [2.75, 3.05) is 0 Å². The fourth-order valence-electron chi connectivity index (χ4n) is 2.24. The van der Waals surface area contributed by atoms with E-state index in [2.05, 4.69) is 0 Å². The van der Waals surface area contributed by atoms with Gasteiger partial charge < -0.3 is 9.15 Å². The minimum atomic E-state index is -0.467. The molecule has 0 aliphatic heterocycles. The van der Waals surface area contributed by atoms with Crippen molar-refractivity contribution >= 4 is 39.9 Å². The van der Waals surface area contributed by atoms with Gasteiger partial charge in [-0.2, -0.15) is 0 Å². The van der Waals surface area contributed by atoms with Gasteiger partial charge >= 0.3 is 11.6 Å². The molecular weight excluding hydrogens is 336 g/mol. The first-order valence-corrected chi connectivity index (χ1v) is 8.10. The number of rotatable bonds is 3. The number of thiophene rings is 1.